The molecule has 1 aromatic carbocycles. The van der Waals surface area contributed by atoms with Gasteiger partial charge in [-0.05, 0) is 67.3 Å². The molecule has 4 heteroatoms. The molecule has 1 aliphatic heterocycles. The summed E-state index contributed by atoms with van der Waals surface area (Å²) in [5.41, 5.74) is 3.81. The summed E-state index contributed by atoms with van der Waals surface area (Å²) < 4.78 is 0. The minimum atomic E-state index is 0.121. The first-order chi connectivity index (χ1) is 9.31. The van der Waals surface area contributed by atoms with Crippen LogP contribution in [-0.4, -0.2) is 30.5 Å². The zero-order valence-corrected chi connectivity index (χ0v) is 11.9. The Labute approximate surface area is 118 Å². The van der Waals surface area contributed by atoms with Crippen molar-refractivity contribution < 1.29 is 4.79 Å². The Morgan fingerprint density at radius 1 is 1.32 bits per heavy atom. The quantitative estimate of drug-likeness (QED) is 0.865. The number of benzene rings is 1. The molecule has 1 aromatic rings. The maximum absolute atomic E-state index is 11.9. The number of aryl methyl sites for hydroxylation is 2. The van der Waals surface area contributed by atoms with Gasteiger partial charge in [0, 0.05) is 5.69 Å². The van der Waals surface area contributed by atoms with Crippen molar-refractivity contribution in [2.45, 2.75) is 19.3 Å². The molecule has 1 fully saturated rings. The fourth-order valence-electron chi connectivity index (χ4n) is 2.63. The number of carbonyl (C=O) groups is 1. The predicted molar refractivity (Wildman–Crippen MR) is 80.8 cm³/mol. The summed E-state index contributed by atoms with van der Waals surface area (Å²) >= 11 is 1.74. The first-order valence-electron chi connectivity index (χ1n) is 7.01. The highest BCUT2D eigenvalue weighted by molar-refractivity contribution is 7.99. The second-order valence-electron chi connectivity index (χ2n) is 5.42. The van der Waals surface area contributed by atoms with E-state index in [9.17, 15) is 4.79 Å². The van der Waals surface area contributed by atoms with Crippen molar-refractivity contribution in [3.63, 3.8) is 0 Å². The molecular formula is C15H20N2OS. The van der Waals surface area contributed by atoms with Crippen LogP contribution in [0, 0.1) is 5.92 Å². The van der Waals surface area contributed by atoms with Gasteiger partial charge in [0.2, 0.25) is 5.91 Å². The second kappa shape index (κ2) is 5.97. The fraction of sp³-hybridized carbons (Fsp3) is 0.533. The van der Waals surface area contributed by atoms with Gasteiger partial charge < -0.3 is 10.6 Å². The summed E-state index contributed by atoms with van der Waals surface area (Å²) in [6, 6.07) is 6.33. The van der Waals surface area contributed by atoms with Gasteiger partial charge in [0.05, 0.1) is 5.75 Å². The zero-order valence-electron chi connectivity index (χ0n) is 11.1. The van der Waals surface area contributed by atoms with Gasteiger partial charge in [-0.15, -0.1) is 0 Å². The van der Waals surface area contributed by atoms with Crippen molar-refractivity contribution in [1.29, 1.82) is 0 Å². The van der Waals surface area contributed by atoms with Crippen LogP contribution in [-0.2, 0) is 17.6 Å². The summed E-state index contributed by atoms with van der Waals surface area (Å²) in [5, 5.41) is 6.26. The lowest BCUT2D eigenvalue weighted by molar-refractivity contribution is -0.113. The number of rotatable bonds is 5. The maximum atomic E-state index is 11.9. The molecule has 2 N–H and O–H groups in total. The number of hydrogen-bond donors (Lipinski definition) is 2. The van der Waals surface area contributed by atoms with E-state index in [2.05, 4.69) is 22.8 Å². The molecule has 1 amide bonds. The van der Waals surface area contributed by atoms with E-state index in [4.69, 9.17) is 0 Å². The highest BCUT2D eigenvalue weighted by Gasteiger charge is 2.17. The van der Waals surface area contributed by atoms with Crippen LogP contribution in [0.5, 0.6) is 0 Å². The summed E-state index contributed by atoms with van der Waals surface area (Å²) in [7, 11) is 0. The Morgan fingerprint density at radius 2 is 2.16 bits per heavy atom. The van der Waals surface area contributed by atoms with Crippen molar-refractivity contribution in [2.24, 2.45) is 5.92 Å². The lowest BCUT2D eigenvalue weighted by Crippen LogP contribution is -2.43. The Hall–Kier alpha value is -1.00. The van der Waals surface area contributed by atoms with Gasteiger partial charge in [-0.3, -0.25) is 4.79 Å². The van der Waals surface area contributed by atoms with Crippen LogP contribution in [0.15, 0.2) is 18.2 Å². The first-order valence-corrected chi connectivity index (χ1v) is 8.17. The molecule has 19 heavy (non-hydrogen) atoms. The lowest BCUT2D eigenvalue weighted by Gasteiger charge is -2.26. The van der Waals surface area contributed by atoms with E-state index in [0.29, 0.717) is 5.75 Å². The monoisotopic (exact) mass is 276 g/mol. The molecule has 102 valence electrons. The number of amides is 1. The van der Waals surface area contributed by atoms with Gasteiger partial charge in [0.1, 0.15) is 0 Å². The molecular weight excluding hydrogens is 256 g/mol. The molecule has 3 rings (SSSR count). The molecule has 0 saturated carbocycles. The number of nitrogens with one attached hydrogen (secondary N) is 2. The molecule has 3 nitrogen and oxygen atoms in total. The first kappa shape index (κ1) is 13.0. The molecule has 0 unspecified atom stereocenters. The smallest absolute Gasteiger partial charge is 0.234 e. The number of thioether (sulfide) groups is 1. The van der Waals surface area contributed by atoms with Gasteiger partial charge >= 0.3 is 0 Å². The minimum absolute atomic E-state index is 0.121. The normalized spacial score (nSPS) is 17.9. The summed E-state index contributed by atoms with van der Waals surface area (Å²) in [5.74, 6) is 2.53. The molecule has 1 aliphatic carbocycles. The molecule has 1 heterocycles. The van der Waals surface area contributed by atoms with Crippen LogP contribution in [0.4, 0.5) is 5.69 Å². The van der Waals surface area contributed by atoms with E-state index >= 15 is 0 Å². The number of hydrogen-bond acceptors (Lipinski definition) is 3. The van der Waals surface area contributed by atoms with Crippen molar-refractivity contribution in [2.75, 3.05) is 29.9 Å². The van der Waals surface area contributed by atoms with Crippen molar-refractivity contribution in [1.82, 2.24) is 5.32 Å². The molecule has 0 atom stereocenters. The van der Waals surface area contributed by atoms with Crippen LogP contribution in [0.25, 0.3) is 0 Å². The maximum Gasteiger partial charge on any atom is 0.234 e. The van der Waals surface area contributed by atoms with Gasteiger partial charge in [0.15, 0.2) is 0 Å². The minimum Gasteiger partial charge on any atom is -0.325 e. The van der Waals surface area contributed by atoms with Crippen LogP contribution in [0.3, 0.4) is 0 Å². The Balaban J connectivity index is 1.46. The third-order valence-electron chi connectivity index (χ3n) is 3.83. The van der Waals surface area contributed by atoms with Gasteiger partial charge in [0.25, 0.3) is 0 Å². The predicted octanol–water partition coefficient (Wildman–Crippen LogP) is 2.07. The fourth-order valence-corrected chi connectivity index (χ4v) is 3.58. The Morgan fingerprint density at radius 3 is 2.95 bits per heavy atom. The van der Waals surface area contributed by atoms with Crippen molar-refractivity contribution in [3.8, 4) is 0 Å². The van der Waals surface area contributed by atoms with E-state index in [1.54, 1.807) is 11.8 Å². The van der Waals surface area contributed by atoms with E-state index < -0.39 is 0 Å². The van der Waals surface area contributed by atoms with Gasteiger partial charge in [-0.25, -0.2) is 0 Å². The molecule has 0 bridgehead atoms. The third kappa shape index (κ3) is 3.31. The molecule has 0 spiro atoms. The standard InChI is InChI=1S/C15H20N2OS/c18-15(10-19-9-11-7-16-8-11)17-14-5-4-12-2-1-3-13(12)6-14/h4-6,11,16H,1-3,7-10H2,(H,17,18). The average molecular weight is 276 g/mol. The SMILES string of the molecule is O=C(CSCC1CNC1)Nc1ccc2c(c1)CCC2. The highest BCUT2D eigenvalue weighted by atomic mass is 32.2. The number of carbonyl (C=O) groups excluding carboxylic acids is 1. The summed E-state index contributed by atoms with van der Waals surface area (Å²) in [6.45, 7) is 2.22. The average Bonchev–Trinajstić information content (AvgIpc) is 2.79. The van der Waals surface area contributed by atoms with E-state index in [1.807, 2.05) is 6.07 Å². The van der Waals surface area contributed by atoms with Crippen LogP contribution in [0.1, 0.15) is 17.5 Å². The van der Waals surface area contributed by atoms with Gasteiger partial charge in [-0.1, -0.05) is 6.07 Å². The number of fused-ring (bicyclic) bond motifs is 1. The zero-order chi connectivity index (χ0) is 13.1. The summed E-state index contributed by atoms with van der Waals surface area (Å²) in [4.78, 5) is 11.9. The third-order valence-corrected chi connectivity index (χ3v) is 5.01. The molecule has 0 aromatic heterocycles. The van der Waals surface area contributed by atoms with Crippen LogP contribution >= 0.6 is 11.8 Å². The second-order valence-corrected chi connectivity index (χ2v) is 6.45. The molecule has 2 aliphatic rings. The Bertz CT molecular complexity index is 471. The van der Waals surface area contributed by atoms with Crippen molar-refractivity contribution in [3.05, 3.63) is 29.3 Å². The van der Waals surface area contributed by atoms with E-state index in [1.165, 1.54) is 24.0 Å². The lowest BCUT2D eigenvalue weighted by atomic mass is 10.1. The largest absolute Gasteiger partial charge is 0.325 e. The van der Waals surface area contributed by atoms with E-state index in [0.717, 1.165) is 36.9 Å². The van der Waals surface area contributed by atoms with Crippen molar-refractivity contribution >= 4 is 23.4 Å². The van der Waals surface area contributed by atoms with E-state index in [-0.39, 0.29) is 5.91 Å². The van der Waals surface area contributed by atoms with Crippen LogP contribution in [0.2, 0.25) is 0 Å². The molecule has 0 radical (unpaired) electrons. The highest BCUT2D eigenvalue weighted by Crippen LogP contribution is 2.25. The summed E-state index contributed by atoms with van der Waals surface area (Å²) in [6.07, 6.45) is 3.59. The van der Waals surface area contributed by atoms with Gasteiger partial charge in [-0.2, -0.15) is 11.8 Å². The van der Waals surface area contributed by atoms with Crippen LogP contribution < -0.4 is 10.6 Å². The number of anilines is 1. The topological polar surface area (TPSA) is 41.1 Å². The molecule has 1 saturated heterocycles. The Kier molecular flexibility index (Phi) is 4.09.